The topological polar surface area (TPSA) is 195 Å². The zero-order valence-electron chi connectivity index (χ0n) is 31.4. The van der Waals surface area contributed by atoms with E-state index in [2.05, 4.69) is 31.2 Å². The molecule has 0 saturated heterocycles. The van der Waals surface area contributed by atoms with Crippen LogP contribution in [0.1, 0.15) is 72.1 Å². The van der Waals surface area contributed by atoms with Gasteiger partial charge in [0.1, 0.15) is 0 Å². The lowest BCUT2D eigenvalue weighted by Gasteiger charge is -2.39. The molecule has 0 radical (unpaired) electrons. The number of rotatable bonds is 12. The van der Waals surface area contributed by atoms with E-state index in [9.17, 15) is 28.8 Å². The number of nitrogens with zero attached hydrogens (tertiary/aromatic N) is 2. The number of amides is 4. The first-order valence-corrected chi connectivity index (χ1v) is 19.7. The number of halogens is 2. The van der Waals surface area contributed by atoms with Gasteiger partial charge in [0.05, 0.1) is 0 Å². The maximum absolute atomic E-state index is 13.9. The summed E-state index contributed by atoms with van der Waals surface area (Å²) in [7, 11) is 0. The molecule has 0 atom stereocenters. The maximum Gasteiger partial charge on any atom is 0.418 e. The molecule has 2 saturated carbocycles. The first-order valence-electron chi connectivity index (χ1n) is 18.9. The molecule has 14 nitrogen and oxygen atoms in total. The Morgan fingerprint density at radius 1 is 0.534 bits per heavy atom. The van der Waals surface area contributed by atoms with Crippen LogP contribution < -0.4 is 21.3 Å². The highest BCUT2D eigenvalue weighted by Gasteiger charge is 2.50. The number of hydrogen-bond donors (Lipinski definition) is 4. The minimum atomic E-state index is -1.76. The van der Waals surface area contributed by atoms with Crippen molar-refractivity contribution >= 4 is 70.1 Å². The van der Waals surface area contributed by atoms with Crippen molar-refractivity contribution in [2.45, 2.75) is 62.6 Å². The minimum Gasteiger partial charge on any atom is -0.441 e. The molecule has 4 aromatic rings. The van der Waals surface area contributed by atoms with E-state index in [0.717, 1.165) is 0 Å². The molecular weight excluding hydrogens is 787 g/mol. The number of anilines is 2. The molecule has 2 aromatic carbocycles. The van der Waals surface area contributed by atoms with E-state index in [1.807, 2.05) is 0 Å². The minimum absolute atomic E-state index is 0.0432. The van der Waals surface area contributed by atoms with Crippen molar-refractivity contribution in [2.24, 2.45) is 11.8 Å². The highest BCUT2D eigenvalue weighted by Crippen LogP contribution is 2.39. The van der Waals surface area contributed by atoms with Crippen molar-refractivity contribution in [3.8, 4) is 0 Å². The molecule has 4 N–H and O–H groups in total. The number of carbonyl (C=O) groups is 6. The predicted molar refractivity (Wildman–Crippen MR) is 215 cm³/mol. The molecule has 2 aliphatic rings. The molecule has 302 valence electrons. The van der Waals surface area contributed by atoms with Gasteiger partial charge in [-0.15, -0.1) is 0 Å². The number of carbonyl (C=O) groups excluding carboxylic acids is 6. The summed E-state index contributed by atoms with van der Waals surface area (Å²) in [6, 6.07) is 19.3. The summed E-state index contributed by atoms with van der Waals surface area (Å²) in [5.74, 6) is -4.82. The Morgan fingerprint density at radius 2 is 0.862 bits per heavy atom. The summed E-state index contributed by atoms with van der Waals surface area (Å²) in [5, 5.41) is 12.4. The van der Waals surface area contributed by atoms with Crippen molar-refractivity contribution in [3.05, 3.63) is 119 Å². The fraction of sp³-hybridized carbons (Fsp3) is 0.333. The standard InChI is InChI=1S/C42H42Cl2N6O8/c43-31-5-1-29(2-6-31)35(51)47-25-27-9-17-41(18-10-27,39(55)49-33-13-21-45-22-14-33)57-37(53)38(54)58-42(40(56)50-34-15-23-46-24-16-34)19-11-28(12-20-42)26-48-36(52)30-3-7-32(44)8-4-30/h1-8,13-16,21-24,27-28H,9-12,17-20,25-26H2,(H,47,51)(H,48,52)(H,45,49,55)(H,46,50,56). The van der Waals surface area contributed by atoms with Gasteiger partial charge in [0.25, 0.3) is 23.6 Å². The molecule has 2 aliphatic carbocycles. The Balaban J connectivity index is 1.13. The van der Waals surface area contributed by atoms with Gasteiger partial charge >= 0.3 is 11.9 Å². The molecule has 0 unspecified atom stereocenters. The quantitative estimate of drug-likeness (QED) is 0.0949. The number of pyridine rings is 2. The zero-order chi connectivity index (χ0) is 41.1. The van der Waals surface area contributed by atoms with E-state index in [4.69, 9.17) is 32.7 Å². The lowest BCUT2D eigenvalue weighted by Crippen LogP contribution is -2.54. The summed E-state index contributed by atoms with van der Waals surface area (Å²) in [6.07, 6.45) is 7.64. The third-order valence-electron chi connectivity index (χ3n) is 10.6. The third kappa shape index (κ3) is 10.7. The van der Waals surface area contributed by atoms with Crippen molar-refractivity contribution in [2.75, 3.05) is 23.7 Å². The Bertz CT molecular complexity index is 1940. The van der Waals surface area contributed by atoms with Crippen LogP contribution in [0.4, 0.5) is 11.4 Å². The summed E-state index contributed by atoms with van der Waals surface area (Å²) in [4.78, 5) is 88.6. The molecular formula is C42H42Cl2N6O8. The van der Waals surface area contributed by atoms with Crippen LogP contribution in [0.15, 0.2) is 97.6 Å². The number of esters is 2. The monoisotopic (exact) mass is 828 g/mol. The number of aromatic nitrogens is 2. The number of hydrogen-bond acceptors (Lipinski definition) is 10. The van der Waals surface area contributed by atoms with Crippen LogP contribution in [0, 0.1) is 11.8 Å². The summed E-state index contributed by atoms with van der Waals surface area (Å²) < 4.78 is 11.6. The van der Waals surface area contributed by atoms with Crippen molar-refractivity contribution in [1.29, 1.82) is 0 Å². The fourth-order valence-electron chi connectivity index (χ4n) is 7.13. The summed E-state index contributed by atoms with van der Waals surface area (Å²) >= 11 is 11.9. The highest BCUT2D eigenvalue weighted by molar-refractivity contribution is 6.31. The Kier molecular flexibility index (Phi) is 13.7. The van der Waals surface area contributed by atoms with Gasteiger partial charge in [-0.05, 0) is 136 Å². The second kappa shape index (κ2) is 19.1. The predicted octanol–water partition coefficient (Wildman–Crippen LogP) is 6.17. The molecule has 6 rings (SSSR count). The van der Waals surface area contributed by atoms with Crippen LogP contribution in [-0.2, 0) is 28.7 Å². The Hall–Kier alpha value is -5.86. The molecule has 2 aromatic heterocycles. The smallest absolute Gasteiger partial charge is 0.418 e. The average molecular weight is 830 g/mol. The average Bonchev–Trinajstić information content (AvgIpc) is 3.24. The number of benzene rings is 2. The van der Waals surface area contributed by atoms with Gasteiger partial charge in [-0.2, -0.15) is 0 Å². The normalized spacial score (nSPS) is 21.4. The van der Waals surface area contributed by atoms with Gasteiger partial charge in [0.2, 0.25) is 0 Å². The highest BCUT2D eigenvalue weighted by atomic mass is 35.5. The first kappa shape index (κ1) is 41.8. The van der Waals surface area contributed by atoms with E-state index in [-0.39, 0.29) is 49.3 Å². The van der Waals surface area contributed by atoms with E-state index in [1.54, 1.807) is 72.8 Å². The van der Waals surface area contributed by atoms with Crippen LogP contribution in [0.2, 0.25) is 10.0 Å². The second-order valence-electron chi connectivity index (χ2n) is 14.5. The Morgan fingerprint density at radius 3 is 1.19 bits per heavy atom. The van der Waals surface area contributed by atoms with Crippen molar-refractivity contribution in [1.82, 2.24) is 20.6 Å². The van der Waals surface area contributed by atoms with Crippen LogP contribution >= 0.6 is 23.2 Å². The lowest BCUT2D eigenvalue weighted by molar-refractivity contribution is -0.192. The van der Waals surface area contributed by atoms with Gasteiger partial charge in [0.15, 0.2) is 11.2 Å². The van der Waals surface area contributed by atoms with Gasteiger partial charge in [-0.25, -0.2) is 9.59 Å². The van der Waals surface area contributed by atoms with Gasteiger partial charge < -0.3 is 30.7 Å². The summed E-state index contributed by atoms with van der Waals surface area (Å²) in [5.41, 5.74) is -1.82. The molecule has 0 bridgehead atoms. The molecule has 4 amide bonds. The third-order valence-corrected chi connectivity index (χ3v) is 11.1. The van der Waals surface area contributed by atoms with E-state index < -0.39 is 35.0 Å². The van der Waals surface area contributed by atoms with E-state index in [0.29, 0.717) is 71.3 Å². The molecule has 2 heterocycles. The Labute approximate surface area is 344 Å². The van der Waals surface area contributed by atoms with Crippen LogP contribution in [-0.4, -0.2) is 69.8 Å². The molecule has 16 heteroatoms. The van der Waals surface area contributed by atoms with Gasteiger partial charge in [-0.1, -0.05) is 23.2 Å². The van der Waals surface area contributed by atoms with Crippen molar-refractivity contribution < 1.29 is 38.2 Å². The lowest BCUT2D eigenvalue weighted by atomic mass is 9.77. The van der Waals surface area contributed by atoms with Crippen LogP contribution in [0.25, 0.3) is 0 Å². The SMILES string of the molecule is O=C(OC1(C(=O)Nc2ccncc2)CCC(CNC(=O)c2ccc(Cl)cc2)CC1)C(=O)OC1(C(=O)Nc2ccncc2)CCC(CNC(=O)c2ccc(Cl)cc2)CC1. The van der Waals surface area contributed by atoms with Crippen molar-refractivity contribution in [3.63, 3.8) is 0 Å². The number of nitrogens with one attached hydrogen (secondary N) is 4. The molecule has 2 fully saturated rings. The largest absolute Gasteiger partial charge is 0.441 e. The van der Waals surface area contributed by atoms with Gasteiger partial charge in [-0.3, -0.25) is 29.1 Å². The zero-order valence-corrected chi connectivity index (χ0v) is 32.9. The van der Waals surface area contributed by atoms with E-state index >= 15 is 0 Å². The maximum atomic E-state index is 13.9. The second-order valence-corrected chi connectivity index (χ2v) is 15.3. The fourth-order valence-corrected chi connectivity index (χ4v) is 7.38. The molecule has 0 spiro atoms. The van der Waals surface area contributed by atoms with Crippen LogP contribution in [0.3, 0.4) is 0 Å². The first-order chi connectivity index (χ1) is 27.9. The van der Waals surface area contributed by atoms with E-state index in [1.165, 1.54) is 24.8 Å². The summed E-state index contributed by atoms with van der Waals surface area (Å²) in [6.45, 7) is 0.612. The molecule has 58 heavy (non-hydrogen) atoms. The van der Waals surface area contributed by atoms with Gasteiger partial charge in [0, 0.05) is 70.4 Å². The number of ether oxygens (including phenoxy) is 2. The van der Waals surface area contributed by atoms with Crippen LogP contribution in [0.5, 0.6) is 0 Å². The molecule has 0 aliphatic heterocycles.